The van der Waals surface area contributed by atoms with Gasteiger partial charge in [-0.3, -0.25) is 5.43 Å². The predicted molar refractivity (Wildman–Crippen MR) is 105 cm³/mol. The van der Waals surface area contributed by atoms with Crippen molar-refractivity contribution in [2.24, 2.45) is 5.10 Å². The molecule has 2 aromatic rings. The van der Waals surface area contributed by atoms with Crippen molar-refractivity contribution in [3.63, 3.8) is 0 Å². The summed E-state index contributed by atoms with van der Waals surface area (Å²) in [5.41, 5.74) is 3.81. The van der Waals surface area contributed by atoms with Crippen molar-refractivity contribution >= 4 is 34.3 Å². The molecule has 1 fully saturated rings. The summed E-state index contributed by atoms with van der Waals surface area (Å²) in [5, 5.41) is 10.1. The van der Waals surface area contributed by atoms with Crippen LogP contribution in [-0.4, -0.2) is 37.2 Å². The van der Waals surface area contributed by atoms with Crippen LogP contribution in [0.25, 0.3) is 10.8 Å². The molecule has 6 heteroatoms. The summed E-state index contributed by atoms with van der Waals surface area (Å²) in [7, 11) is 0. The molecule has 1 heterocycles. The molecule has 2 aromatic carbocycles. The number of nitrogens with zero attached hydrogens (tertiary/aromatic N) is 1. The summed E-state index contributed by atoms with van der Waals surface area (Å²) in [5.74, 6) is 0.810. The maximum atomic E-state index is 5.73. The van der Waals surface area contributed by atoms with E-state index in [9.17, 15) is 0 Å². The lowest BCUT2D eigenvalue weighted by atomic mass is 10.0. The summed E-state index contributed by atoms with van der Waals surface area (Å²) in [6, 6.07) is 12.2. The molecular formula is C19H23N3O2S. The van der Waals surface area contributed by atoms with Gasteiger partial charge >= 0.3 is 0 Å². The first-order valence-corrected chi connectivity index (χ1v) is 9.02. The van der Waals surface area contributed by atoms with E-state index in [1.807, 2.05) is 25.1 Å². The molecule has 132 valence electrons. The molecule has 1 atom stereocenters. The Labute approximate surface area is 153 Å². The number of rotatable bonds is 6. The molecule has 3 rings (SSSR count). The number of fused-ring (bicyclic) bond motifs is 1. The smallest absolute Gasteiger partial charge is 0.187 e. The van der Waals surface area contributed by atoms with Crippen molar-refractivity contribution in [2.45, 2.75) is 25.9 Å². The molecule has 1 aliphatic heterocycles. The van der Waals surface area contributed by atoms with Crippen molar-refractivity contribution in [3.8, 4) is 5.75 Å². The van der Waals surface area contributed by atoms with E-state index < -0.39 is 0 Å². The number of hydrazone groups is 1. The van der Waals surface area contributed by atoms with Crippen LogP contribution in [0.3, 0.4) is 0 Å². The summed E-state index contributed by atoms with van der Waals surface area (Å²) < 4.78 is 11.3. The molecule has 25 heavy (non-hydrogen) atoms. The molecule has 0 radical (unpaired) electrons. The average Bonchev–Trinajstić information content (AvgIpc) is 3.15. The molecule has 0 spiro atoms. The number of hydrogen-bond donors (Lipinski definition) is 2. The van der Waals surface area contributed by atoms with Gasteiger partial charge in [-0.15, -0.1) is 0 Å². The molecule has 0 saturated carbocycles. The Morgan fingerprint density at radius 3 is 3.04 bits per heavy atom. The Bertz CT molecular complexity index is 757. The molecule has 1 aliphatic rings. The number of benzene rings is 2. The molecule has 0 aliphatic carbocycles. The second kappa shape index (κ2) is 8.78. The first-order chi connectivity index (χ1) is 12.3. The van der Waals surface area contributed by atoms with Crippen molar-refractivity contribution in [2.75, 3.05) is 19.8 Å². The zero-order valence-corrected chi connectivity index (χ0v) is 15.1. The molecule has 0 aromatic heterocycles. The fourth-order valence-corrected chi connectivity index (χ4v) is 3.03. The van der Waals surface area contributed by atoms with Gasteiger partial charge in [0.2, 0.25) is 0 Å². The van der Waals surface area contributed by atoms with Gasteiger partial charge in [0.05, 0.1) is 18.9 Å². The van der Waals surface area contributed by atoms with Gasteiger partial charge in [0, 0.05) is 18.7 Å². The van der Waals surface area contributed by atoms with Crippen LogP contribution in [0.2, 0.25) is 0 Å². The lowest BCUT2D eigenvalue weighted by Crippen LogP contribution is -2.37. The second-order valence-corrected chi connectivity index (χ2v) is 6.25. The minimum Gasteiger partial charge on any atom is -0.493 e. The van der Waals surface area contributed by atoms with E-state index in [1.54, 1.807) is 6.21 Å². The highest BCUT2D eigenvalue weighted by Crippen LogP contribution is 2.26. The normalized spacial score (nSPS) is 17.1. The van der Waals surface area contributed by atoms with Gasteiger partial charge in [-0.1, -0.05) is 30.3 Å². The van der Waals surface area contributed by atoms with E-state index in [0.29, 0.717) is 18.3 Å². The van der Waals surface area contributed by atoms with Crippen LogP contribution in [0.4, 0.5) is 0 Å². The maximum Gasteiger partial charge on any atom is 0.187 e. The molecule has 5 nitrogen and oxygen atoms in total. The molecule has 2 N–H and O–H groups in total. The van der Waals surface area contributed by atoms with Gasteiger partial charge in [0.15, 0.2) is 5.11 Å². The summed E-state index contributed by atoms with van der Waals surface area (Å²) in [6.07, 6.45) is 4.19. The zero-order chi connectivity index (χ0) is 17.5. The minimum absolute atomic E-state index is 0.242. The lowest BCUT2D eigenvalue weighted by molar-refractivity contribution is 0.114. The Morgan fingerprint density at radius 2 is 2.24 bits per heavy atom. The monoisotopic (exact) mass is 357 g/mol. The fraction of sp³-hybridized carbons (Fsp3) is 0.368. The second-order valence-electron chi connectivity index (χ2n) is 5.85. The van der Waals surface area contributed by atoms with Crippen LogP contribution in [0.15, 0.2) is 41.5 Å². The molecule has 0 unspecified atom stereocenters. The molecular weight excluding hydrogens is 334 g/mol. The van der Waals surface area contributed by atoms with E-state index >= 15 is 0 Å². The quantitative estimate of drug-likeness (QED) is 0.472. The van der Waals surface area contributed by atoms with Crippen LogP contribution < -0.4 is 15.5 Å². The van der Waals surface area contributed by atoms with E-state index in [4.69, 9.17) is 21.7 Å². The van der Waals surface area contributed by atoms with Gasteiger partial charge in [0.25, 0.3) is 0 Å². The van der Waals surface area contributed by atoms with Gasteiger partial charge in [-0.05, 0) is 48.8 Å². The van der Waals surface area contributed by atoms with Gasteiger partial charge in [-0.25, -0.2) is 0 Å². The first-order valence-electron chi connectivity index (χ1n) is 8.61. The largest absolute Gasteiger partial charge is 0.493 e. The average molecular weight is 357 g/mol. The van der Waals surface area contributed by atoms with E-state index in [2.05, 4.69) is 34.0 Å². The SMILES string of the molecule is CCOc1ccc2ccccc2c1/C=N\NC(=S)NC[C@H]1CCCO1. The van der Waals surface area contributed by atoms with Crippen LogP contribution >= 0.6 is 12.2 Å². The Hall–Kier alpha value is -2.18. The highest BCUT2D eigenvalue weighted by molar-refractivity contribution is 7.80. The maximum absolute atomic E-state index is 5.73. The van der Waals surface area contributed by atoms with Crippen LogP contribution in [0.1, 0.15) is 25.3 Å². The van der Waals surface area contributed by atoms with Gasteiger partial charge in [-0.2, -0.15) is 5.10 Å². The fourth-order valence-electron chi connectivity index (χ4n) is 2.90. The van der Waals surface area contributed by atoms with Crippen LogP contribution in [0.5, 0.6) is 5.75 Å². The number of thiocarbonyl (C=S) groups is 1. The third-order valence-corrected chi connectivity index (χ3v) is 4.34. The minimum atomic E-state index is 0.242. The predicted octanol–water partition coefficient (Wildman–Crippen LogP) is 3.22. The third-order valence-electron chi connectivity index (χ3n) is 4.10. The number of ether oxygens (including phenoxy) is 2. The van der Waals surface area contributed by atoms with Gasteiger partial charge in [0.1, 0.15) is 5.75 Å². The molecule has 0 amide bonds. The topological polar surface area (TPSA) is 54.9 Å². The Balaban J connectivity index is 1.67. The standard InChI is InChI=1S/C19H23N3O2S/c1-2-23-18-10-9-14-6-3-4-8-16(14)17(18)13-21-22-19(25)20-12-15-7-5-11-24-15/h3-4,6,8-10,13,15H,2,5,7,11-12H2,1H3,(H2,20,22,25)/b21-13-/t15-/m1/s1. The first kappa shape index (κ1) is 17.6. The summed E-state index contributed by atoms with van der Waals surface area (Å²) >= 11 is 5.26. The van der Waals surface area contributed by atoms with E-state index in [0.717, 1.165) is 41.5 Å². The Kier molecular flexibility index (Phi) is 6.19. The summed E-state index contributed by atoms with van der Waals surface area (Å²) in [6.45, 7) is 4.12. The highest BCUT2D eigenvalue weighted by atomic mass is 32.1. The summed E-state index contributed by atoms with van der Waals surface area (Å²) in [4.78, 5) is 0. The van der Waals surface area contributed by atoms with Crippen LogP contribution in [-0.2, 0) is 4.74 Å². The van der Waals surface area contributed by atoms with E-state index in [1.165, 1.54) is 0 Å². The Morgan fingerprint density at radius 1 is 1.36 bits per heavy atom. The van der Waals surface area contributed by atoms with Crippen molar-refractivity contribution < 1.29 is 9.47 Å². The van der Waals surface area contributed by atoms with E-state index in [-0.39, 0.29) is 6.10 Å². The molecule has 1 saturated heterocycles. The number of nitrogens with one attached hydrogen (secondary N) is 2. The van der Waals surface area contributed by atoms with Crippen molar-refractivity contribution in [1.29, 1.82) is 0 Å². The highest BCUT2D eigenvalue weighted by Gasteiger charge is 2.15. The zero-order valence-electron chi connectivity index (χ0n) is 14.3. The van der Waals surface area contributed by atoms with Gasteiger partial charge < -0.3 is 14.8 Å². The number of hydrogen-bond acceptors (Lipinski definition) is 4. The third kappa shape index (κ3) is 4.67. The molecule has 0 bridgehead atoms. The van der Waals surface area contributed by atoms with Crippen molar-refractivity contribution in [3.05, 3.63) is 42.0 Å². The van der Waals surface area contributed by atoms with Crippen LogP contribution in [0, 0.1) is 0 Å². The van der Waals surface area contributed by atoms with Crippen molar-refractivity contribution in [1.82, 2.24) is 10.7 Å². The lowest BCUT2D eigenvalue weighted by Gasteiger charge is -2.12.